The van der Waals surface area contributed by atoms with E-state index in [-0.39, 0.29) is 22.8 Å². The summed E-state index contributed by atoms with van der Waals surface area (Å²) in [6.07, 6.45) is 1.72. The Bertz CT molecular complexity index is 1290. The molecule has 0 aromatic heterocycles. The fourth-order valence-electron chi connectivity index (χ4n) is 4.00. The number of nitrogens with zero attached hydrogens (tertiary/aromatic N) is 1. The molecule has 1 unspecified atom stereocenters. The molecule has 7 nitrogen and oxygen atoms in total. The minimum absolute atomic E-state index is 0.0475. The molecule has 1 fully saturated rings. The van der Waals surface area contributed by atoms with Gasteiger partial charge >= 0.3 is 5.97 Å². The van der Waals surface area contributed by atoms with Gasteiger partial charge in [0.2, 0.25) is 0 Å². The van der Waals surface area contributed by atoms with Crippen LogP contribution in [0.1, 0.15) is 41.6 Å². The van der Waals surface area contributed by atoms with Crippen molar-refractivity contribution < 1.29 is 27.5 Å². The van der Waals surface area contributed by atoms with Crippen molar-refractivity contribution in [3.63, 3.8) is 0 Å². The Hall–Kier alpha value is -3.65. The summed E-state index contributed by atoms with van der Waals surface area (Å²) >= 11 is 0. The van der Waals surface area contributed by atoms with E-state index >= 15 is 0 Å². The Morgan fingerprint density at radius 1 is 0.971 bits per heavy atom. The van der Waals surface area contributed by atoms with Gasteiger partial charge in [-0.1, -0.05) is 36.4 Å². The maximum absolute atomic E-state index is 13.8. The smallest absolute Gasteiger partial charge is 0.338 e. The zero-order valence-electron chi connectivity index (χ0n) is 19.4. The summed E-state index contributed by atoms with van der Waals surface area (Å²) in [6, 6.07) is 21.7. The maximum atomic E-state index is 13.8. The van der Waals surface area contributed by atoms with Crippen molar-refractivity contribution >= 4 is 27.5 Å². The number of ether oxygens (including phenoxy) is 2. The lowest BCUT2D eigenvalue weighted by Crippen LogP contribution is -2.31. The predicted molar refractivity (Wildman–Crippen MR) is 132 cm³/mol. The topological polar surface area (TPSA) is 90.0 Å². The maximum Gasteiger partial charge on any atom is 0.338 e. The molecule has 35 heavy (non-hydrogen) atoms. The summed E-state index contributed by atoms with van der Waals surface area (Å²) < 4.78 is 39.5. The minimum Gasteiger partial charge on any atom is -0.497 e. The van der Waals surface area contributed by atoms with Gasteiger partial charge in [-0.3, -0.25) is 9.10 Å². The summed E-state index contributed by atoms with van der Waals surface area (Å²) in [5, 5.41) is 0. The van der Waals surface area contributed by atoms with Gasteiger partial charge in [0.25, 0.3) is 10.0 Å². The van der Waals surface area contributed by atoms with Crippen molar-refractivity contribution in [2.24, 2.45) is 0 Å². The van der Waals surface area contributed by atoms with Gasteiger partial charge < -0.3 is 9.47 Å². The largest absolute Gasteiger partial charge is 0.497 e. The number of carbonyl (C=O) groups excluding carboxylic acids is 2. The first-order valence-corrected chi connectivity index (χ1v) is 12.9. The molecule has 1 atom stereocenters. The molecule has 0 heterocycles. The number of Topliss-reactive ketones (excluding diaryl/α,β-unsaturated/α-hetero) is 1. The van der Waals surface area contributed by atoms with Gasteiger partial charge in [-0.15, -0.1) is 0 Å². The third-order valence-electron chi connectivity index (χ3n) is 5.94. The van der Waals surface area contributed by atoms with E-state index in [0.717, 1.165) is 18.4 Å². The predicted octanol–water partition coefficient (Wildman–Crippen LogP) is 4.76. The number of methoxy groups -OCH3 is 1. The van der Waals surface area contributed by atoms with Gasteiger partial charge in [0, 0.05) is 6.42 Å². The highest BCUT2D eigenvalue weighted by atomic mass is 32.2. The number of ketones is 1. The number of rotatable bonds is 8. The van der Waals surface area contributed by atoms with E-state index in [4.69, 9.17) is 9.47 Å². The summed E-state index contributed by atoms with van der Waals surface area (Å²) in [5.41, 5.74) is 1.34. The zero-order valence-corrected chi connectivity index (χ0v) is 20.2. The monoisotopic (exact) mass is 493 g/mol. The van der Waals surface area contributed by atoms with Crippen LogP contribution in [0.2, 0.25) is 0 Å². The molecule has 1 saturated carbocycles. The Labute approximate surface area is 205 Å². The Balaban J connectivity index is 1.65. The molecule has 4 rings (SSSR count). The standard InChI is InChI=1S/C27H27NO6S/c1-33-23-16-14-22(15-17-23)28(19-20-8-3-2-4-9-20)35(31,32)24-11-7-10-21(18-24)27(30)34-26-13-6-5-12-25(26)29/h2-4,7-11,14-18,26H,5-6,12-13,19H2,1H3. The van der Waals surface area contributed by atoms with Gasteiger partial charge in [0.15, 0.2) is 11.9 Å². The number of sulfonamides is 1. The van der Waals surface area contributed by atoms with Crippen LogP contribution in [0.3, 0.4) is 0 Å². The van der Waals surface area contributed by atoms with E-state index in [2.05, 4.69) is 0 Å². The number of hydrogen-bond acceptors (Lipinski definition) is 6. The van der Waals surface area contributed by atoms with Crippen LogP contribution in [0.15, 0.2) is 83.8 Å². The lowest BCUT2D eigenvalue weighted by Gasteiger charge is -2.25. The van der Waals surface area contributed by atoms with Gasteiger partial charge in [0.1, 0.15) is 5.75 Å². The average molecular weight is 494 g/mol. The molecule has 0 aliphatic heterocycles. The second-order valence-corrected chi connectivity index (χ2v) is 10.2. The highest BCUT2D eigenvalue weighted by molar-refractivity contribution is 7.92. The fourth-order valence-corrected chi connectivity index (χ4v) is 5.50. The number of carbonyl (C=O) groups is 2. The normalized spacial score (nSPS) is 15.9. The second kappa shape index (κ2) is 10.7. The van der Waals surface area contributed by atoms with Crippen molar-refractivity contribution in [3.8, 4) is 5.75 Å². The Morgan fingerprint density at radius 3 is 2.40 bits per heavy atom. The van der Waals surface area contributed by atoms with Crippen molar-refractivity contribution in [2.45, 2.75) is 43.2 Å². The van der Waals surface area contributed by atoms with Crippen LogP contribution in [0.4, 0.5) is 5.69 Å². The molecule has 1 aliphatic carbocycles. The van der Waals surface area contributed by atoms with Crippen molar-refractivity contribution in [2.75, 3.05) is 11.4 Å². The van der Waals surface area contributed by atoms with Gasteiger partial charge in [0.05, 0.1) is 29.8 Å². The van der Waals surface area contributed by atoms with Crippen LogP contribution in [0.5, 0.6) is 5.75 Å². The van der Waals surface area contributed by atoms with Crippen LogP contribution in [-0.2, 0) is 26.1 Å². The fraction of sp³-hybridized carbons (Fsp3) is 0.259. The van der Waals surface area contributed by atoms with E-state index in [1.807, 2.05) is 30.3 Å². The molecule has 3 aromatic carbocycles. The third kappa shape index (κ3) is 5.71. The summed E-state index contributed by atoms with van der Waals surface area (Å²) in [4.78, 5) is 24.8. The molecule has 1 aliphatic rings. The van der Waals surface area contributed by atoms with Gasteiger partial charge in [-0.25, -0.2) is 13.2 Å². The highest BCUT2D eigenvalue weighted by Crippen LogP contribution is 2.28. The molecule has 0 N–H and O–H groups in total. The number of benzene rings is 3. The van der Waals surface area contributed by atoms with Crippen LogP contribution in [-0.4, -0.2) is 33.4 Å². The number of esters is 1. The van der Waals surface area contributed by atoms with E-state index in [1.165, 1.54) is 28.6 Å². The molecule has 0 spiro atoms. The SMILES string of the molecule is COc1ccc(N(Cc2ccccc2)S(=O)(=O)c2cccc(C(=O)OC3CCCCC3=O)c2)cc1. The van der Waals surface area contributed by atoms with E-state index in [0.29, 0.717) is 24.3 Å². The Morgan fingerprint density at radius 2 is 1.71 bits per heavy atom. The van der Waals surface area contributed by atoms with E-state index in [1.54, 1.807) is 31.4 Å². The van der Waals surface area contributed by atoms with E-state index in [9.17, 15) is 18.0 Å². The molecule has 3 aromatic rings. The van der Waals surface area contributed by atoms with Crippen LogP contribution in [0, 0.1) is 0 Å². The second-order valence-electron chi connectivity index (χ2n) is 8.33. The molecule has 8 heteroatoms. The first kappa shape index (κ1) is 24.5. The summed E-state index contributed by atoms with van der Waals surface area (Å²) in [6.45, 7) is 0.0980. The highest BCUT2D eigenvalue weighted by Gasteiger charge is 2.29. The number of hydrogen-bond donors (Lipinski definition) is 0. The average Bonchev–Trinajstić information content (AvgIpc) is 2.89. The lowest BCUT2D eigenvalue weighted by molar-refractivity contribution is -0.129. The van der Waals surface area contributed by atoms with E-state index < -0.39 is 22.1 Å². The van der Waals surface area contributed by atoms with Crippen LogP contribution >= 0.6 is 0 Å². The minimum atomic E-state index is -4.05. The molecule has 0 amide bonds. The van der Waals surface area contributed by atoms with Gasteiger partial charge in [-0.05, 0) is 67.3 Å². The van der Waals surface area contributed by atoms with Crippen LogP contribution < -0.4 is 9.04 Å². The lowest BCUT2D eigenvalue weighted by atomic mass is 9.96. The quantitative estimate of drug-likeness (QED) is 0.421. The zero-order chi connectivity index (χ0) is 24.8. The van der Waals surface area contributed by atoms with Gasteiger partial charge in [-0.2, -0.15) is 0 Å². The molecule has 0 radical (unpaired) electrons. The number of anilines is 1. The first-order chi connectivity index (χ1) is 16.9. The molecule has 0 bridgehead atoms. The Kier molecular flexibility index (Phi) is 7.51. The summed E-state index contributed by atoms with van der Waals surface area (Å²) in [5.74, 6) is -0.198. The first-order valence-electron chi connectivity index (χ1n) is 11.4. The van der Waals surface area contributed by atoms with Crippen molar-refractivity contribution in [1.29, 1.82) is 0 Å². The molecular formula is C27H27NO6S. The van der Waals surface area contributed by atoms with Crippen molar-refractivity contribution in [1.82, 2.24) is 0 Å². The van der Waals surface area contributed by atoms with Crippen molar-refractivity contribution in [3.05, 3.63) is 90.0 Å². The summed E-state index contributed by atoms with van der Waals surface area (Å²) in [7, 11) is -2.51. The third-order valence-corrected chi connectivity index (χ3v) is 7.70. The molecular weight excluding hydrogens is 466 g/mol. The molecule has 0 saturated heterocycles. The van der Waals surface area contributed by atoms with Crippen LogP contribution in [0.25, 0.3) is 0 Å². The molecule has 182 valence electrons.